The number of thiophene rings is 1. The molecule has 3 heterocycles. The van der Waals surface area contributed by atoms with E-state index in [0.717, 1.165) is 42.5 Å². The van der Waals surface area contributed by atoms with Gasteiger partial charge in [0, 0.05) is 31.9 Å². The lowest BCUT2D eigenvalue weighted by atomic mass is 10.0. The molecular formula is C19H24N4OS. The van der Waals surface area contributed by atoms with Gasteiger partial charge in [-0.15, -0.1) is 11.3 Å². The molecule has 5 nitrogen and oxygen atoms in total. The zero-order valence-corrected chi connectivity index (χ0v) is 15.8. The van der Waals surface area contributed by atoms with Gasteiger partial charge < -0.3 is 10.2 Å². The SMILES string of the molecule is CCN1CCc2c(sc(NC(C)=O)c2C2=NC3C=CC=CC3N2C)C1. The summed E-state index contributed by atoms with van der Waals surface area (Å²) < 4.78 is 0. The molecule has 3 aliphatic rings. The molecule has 0 bridgehead atoms. The minimum atomic E-state index is -0.0225. The van der Waals surface area contributed by atoms with Gasteiger partial charge in [0.15, 0.2) is 0 Å². The first kappa shape index (κ1) is 16.5. The van der Waals surface area contributed by atoms with Crippen LogP contribution in [0.5, 0.6) is 0 Å². The van der Waals surface area contributed by atoms with Crippen molar-refractivity contribution >= 4 is 28.1 Å². The second kappa shape index (κ2) is 6.42. The van der Waals surface area contributed by atoms with Gasteiger partial charge in [-0.3, -0.25) is 14.7 Å². The van der Waals surface area contributed by atoms with Crippen LogP contribution in [0.4, 0.5) is 5.00 Å². The van der Waals surface area contributed by atoms with Crippen LogP contribution in [0.3, 0.4) is 0 Å². The fraction of sp³-hybridized carbons (Fsp3) is 0.474. The molecule has 0 spiro atoms. The highest BCUT2D eigenvalue weighted by molar-refractivity contribution is 7.17. The minimum absolute atomic E-state index is 0.0225. The lowest BCUT2D eigenvalue weighted by molar-refractivity contribution is -0.114. The first-order chi connectivity index (χ1) is 12.1. The largest absolute Gasteiger partial charge is 0.350 e. The number of hydrogen-bond acceptors (Lipinski definition) is 5. The third-order valence-electron chi connectivity index (χ3n) is 5.23. The number of nitrogens with one attached hydrogen (secondary N) is 1. The van der Waals surface area contributed by atoms with Crippen LogP contribution in [0.1, 0.15) is 29.9 Å². The normalized spacial score (nSPS) is 24.9. The molecule has 132 valence electrons. The predicted octanol–water partition coefficient (Wildman–Crippen LogP) is 2.64. The first-order valence-electron chi connectivity index (χ1n) is 8.89. The van der Waals surface area contributed by atoms with Gasteiger partial charge >= 0.3 is 0 Å². The van der Waals surface area contributed by atoms with E-state index in [2.05, 4.69) is 53.4 Å². The molecule has 1 aromatic rings. The predicted molar refractivity (Wildman–Crippen MR) is 103 cm³/mol. The molecule has 1 amide bonds. The minimum Gasteiger partial charge on any atom is -0.350 e. The Bertz CT molecular complexity index is 792. The van der Waals surface area contributed by atoms with Gasteiger partial charge in [-0.25, -0.2) is 0 Å². The molecule has 0 aromatic carbocycles. The van der Waals surface area contributed by atoms with Crippen molar-refractivity contribution in [1.29, 1.82) is 0 Å². The number of allylic oxidation sites excluding steroid dienone is 2. The number of anilines is 1. The first-order valence-corrected chi connectivity index (χ1v) is 9.70. The molecule has 0 fully saturated rings. The van der Waals surface area contributed by atoms with Crippen molar-refractivity contribution in [1.82, 2.24) is 9.80 Å². The second-order valence-electron chi connectivity index (χ2n) is 6.82. The van der Waals surface area contributed by atoms with Gasteiger partial charge in [0.1, 0.15) is 10.8 Å². The molecule has 6 heteroatoms. The average Bonchev–Trinajstić information content (AvgIpc) is 3.11. The third kappa shape index (κ3) is 2.83. The highest BCUT2D eigenvalue weighted by atomic mass is 32.1. The molecule has 0 saturated carbocycles. The Labute approximate surface area is 152 Å². The lowest BCUT2D eigenvalue weighted by Gasteiger charge is -2.27. The summed E-state index contributed by atoms with van der Waals surface area (Å²) in [4.78, 5) is 22.8. The lowest BCUT2D eigenvalue weighted by Crippen LogP contribution is -2.36. The fourth-order valence-corrected chi connectivity index (χ4v) is 5.22. The Morgan fingerprint density at radius 2 is 2.20 bits per heavy atom. The van der Waals surface area contributed by atoms with E-state index in [1.54, 1.807) is 18.3 Å². The van der Waals surface area contributed by atoms with Crippen LogP contribution in [0.25, 0.3) is 0 Å². The summed E-state index contributed by atoms with van der Waals surface area (Å²) in [7, 11) is 2.11. The van der Waals surface area contributed by atoms with Crippen molar-refractivity contribution in [3.05, 3.63) is 40.3 Å². The van der Waals surface area contributed by atoms with Gasteiger partial charge in [0.05, 0.1) is 17.6 Å². The molecule has 4 rings (SSSR count). The van der Waals surface area contributed by atoms with E-state index in [9.17, 15) is 4.79 Å². The molecule has 0 saturated heterocycles. The van der Waals surface area contributed by atoms with Crippen molar-refractivity contribution in [2.75, 3.05) is 25.5 Å². The van der Waals surface area contributed by atoms with Crippen LogP contribution >= 0.6 is 11.3 Å². The number of hydrogen-bond donors (Lipinski definition) is 1. The zero-order chi connectivity index (χ0) is 17.6. The maximum atomic E-state index is 11.8. The van der Waals surface area contributed by atoms with E-state index in [4.69, 9.17) is 4.99 Å². The monoisotopic (exact) mass is 356 g/mol. The summed E-state index contributed by atoms with van der Waals surface area (Å²) in [5.74, 6) is 0.989. The fourth-order valence-electron chi connectivity index (χ4n) is 3.89. The molecular weight excluding hydrogens is 332 g/mol. The number of likely N-dealkylation sites (N-methyl/N-ethyl adjacent to an activating group) is 2. The van der Waals surface area contributed by atoms with E-state index < -0.39 is 0 Å². The van der Waals surface area contributed by atoms with Gasteiger partial charge in [0.25, 0.3) is 0 Å². The Kier molecular flexibility index (Phi) is 4.25. The Morgan fingerprint density at radius 3 is 2.92 bits per heavy atom. The number of rotatable bonds is 3. The number of nitrogens with zero attached hydrogens (tertiary/aromatic N) is 3. The van der Waals surface area contributed by atoms with Crippen LogP contribution in [0, 0.1) is 0 Å². The van der Waals surface area contributed by atoms with Crippen LogP contribution in [0.15, 0.2) is 29.3 Å². The average molecular weight is 356 g/mol. The molecule has 0 radical (unpaired) electrons. The van der Waals surface area contributed by atoms with Crippen LogP contribution in [0.2, 0.25) is 0 Å². The molecule has 2 aliphatic heterocycles. The molecule has 1 N–H and O–H groups in total. The number of carbonyl (C=O) groups is 1. The maximum absolute atomic E-state index is 11.8. The molecule has 2 atom stereocenters. The summed E-state index contributed by atoms with van der Waals surface area (Å²) in [5.41, 5.74) is 2.51. The van der Waals surface area contributed by atoms with Crippen molar-refractivity contribution < 1.29 is 4.79 Å². The van der Waals surface area contributed by atoms with E-state index in [1.807, 2.05) is 0 Å². The summed E-state index contributed by atoms with van der Waals surface area (Å²) >= 11 is 1.71. The van der Waals surface area contributed by atoms with Crippen molar-refractivity contribution in [2.24, 2.45) is 4.99 Å². The molecule has 2 unspecified atom stereocenters. The Balaban J connectivity index is 1.78. The van der Waals surface area contributed by atoms with E-state index in [1.165, 1.54) is 10.4 Å². The quantitative estimate of drug-likeness (QED) is 0.906. The van der Waals surface area contributed by atoms with Crippen LogP contribution < -0.4 is 5.32 Å². The molecule has 1 aliphatic carbocycles. The zero-order valence-electron chi connectivity index (χ0n) is 15.0. The van der Waals surface area contributed by atoms with Crippen LogP contribution in [-0.2, 0) is 17.8 Å². The van der Waals surface area contributed by atoms with E-state index in [-0.39, 0.29) is 18.0 Å². The van der Waals surface area contributed by atoms with E-state index >= 15 is 0 Å². The molecule has 25 heavy (non-hydrogen) atoms. The topological polar surface area (TPSA) is 47.9 Å². The van der Waals surface area contributed by atoms with Crippen molar-refractivity contribution in [3.8, 4) is 0 Å². The summed E-state index contributed by atoms with van der Waals surface area (Å²) in [6.45, 7) is 6.87. The second-order valence-corrected chi connectivity index (χ2v) is 7.93. The summed E-state index contributed by atoms with van der Waals surface area (Å²) in [6, 6.07) is 0.443. The van der Waals surface area contributed by atoms with E-state index in [0.29, 0.717) is 0 Å². The number of amides is 1. The summed E-state index contributed by atoms with van der Waals surface area (Å²) in [5, 5.41) is 4.01. The smallest absolute Gasteiger partial charge is 0.221 e. The summed E-state index contributed by atoms with van der Waals surface area (Å²) in [6.07, 6.45) is 9.54. The van der Waals surface area contributed by atoms with Gasteiger partial charge in [-0.05, 0) is 18.5 Å². The standard InChI is InChI=1S/C19H24N4OS/c1-4-23-10-9-13-16(11-23)25-19(20-12(2)24)17(13)18-21-14-7-5-6-8-15(14)22(18)3/h5-8,14-15H,4,9-11H2,1-3H3,(H,20,24). The number of aliphatic imine (C=N–C) groups is 1. The number of carbonyl (C=O) groups excluding carboxylic acids is 1. The highest BCUT2D eigenvalue weighted by Crippen LogP contribution is 2.40. The Hall–Kier alpha value is -1.92. The Morgan fingerprint density at radius 1 is 1.40 bits per heavy atom. The third-order valence-corrected chi connectivity index (χ3v) is 6.36. The van der Waals surface area contributed by atoms with Gasteiger partial charge in [-0.1, -0.05) is 31.2 Å². The van der Waals surface area contributed by atoms with Gasteiger partial charge in [0.2, 0.25) is 5.91 Å². The maximum Gasteiger partial charge on any atom is 0.221 e. The van der Waals surface area contributed by atoms with Crippen LogP contribution in [-0.4, -0.2) is 53.8 Å². The van der Waals surface area contributed by atoms with Gasteiger partial charge in [-0.2, -0.15) is 0 Å². The van der Waals surface area contributed by atoms with Crippen molar-refractivity contribution in [2.45, 2.75) is 38.9 Å². The number of amidine groups is 1. The number of fused-ring (bicyclic) bond motifs is 2. The van der Waals surface area contributed by atoms with Crippen molar-refractivity contribution in [3.63, 3.8) is 0 Å². The highest BCUT2D eigenvalue weighted by Gasteiger charge is 2.36. The molecule has 1 aromatic heterocycles.